The second-order valence-electron chi connectivity index (χ2n) is 14.5. The van der Waals surface area contributed by atoms with Crippen LogP contribution < -0.4 is 9.80 Å². The number of hydrogen-bond acceptors (Lipinski definition) is 5. The number of hydrogen-bond donors (Lipinski definition) is 0. The number of thiophene rings is 1. The van der Waals surface area contributed by atoms with Crippen LogP contribution in [0.3, 0.4) is 0 Å². The van der Waals surface area contributed by atoms with Crippen molar-refractivity contribution < 1.29 is 8.83 Å². The van der Waals surface area contributed by atoms with Crippen LogP contribution in [0.15, 0.2) is 203 Å². The first-order chi connectivity index (χ1) is 28.2. The summed E-state index contributed by atoms with van der Waals surface area (Å²) in [6, 6.07) is 69.1. The van der Waals surface area contributed by atoms with E-state index in [4.69, 9.17) is 8.83 Å². The topological polar surface area (TPSA) is 32.8 Å². The normalized spacial score (nSPS) is 11.9. The third-order valence-corrected chi connectivity index (χ3v) is 12.4. The summed E-state index contributed by atoms with van der Waals surface area (Å²) in [6.45, 7) is 0. The fourth-order valence-corrected chi connectivity index (χ4v) is 9.78. The molecule has 0 saturated carbocycles. The molecule has 0 aliphatic heterocycles. The standard InChI is InChI=1S/C52H32N2O2S/c1-3-15-35(16-4-1)53(36-17-5-2-6-18-36)39-29-45-44-27-33-13-7-8-14-34(33)28-51(44)57-52(45)46(30-39)54(37-23-25-42-40-19-9-11-21-47(40)55-49(42)31-37)38-24-26-43-41-20-10-12-22-48(41)56-50(43)32-38/h1-32H. The number of para-hydroxylation sites is 4. The molecule has 0 saturated heterocycles. The molecule has 3 heterocycles. The van der Waals surface area contributed by atoms with Crippen molar-refractivity contribution in [2.24, 2.45) is 0 Å². The molecule has 0 spiro atoms. The Labute approximate surface area is 331 Å². The van der Waals surface area contributed by atoms with Gasteiger partial charge in [-0.1, -0.05) is 97.1 Å². The highest BCUT2D eigenvalue weighted by Gasteiger charge is 2.24. The van der Waals surface area contributed by atoms with Crippen LogP contribution in [-0.2, 0) is 0 Å². The number of nitrogens with zero attached hydrogens (tertiary/aromatic N) is 2. The number of rotatable bonds is 6. The lowest BCUT2D eigenvalue weighted by molar-refractivity contribution is 0.669. The van der Waals surface area contributed by atoms with Gasteiger partial charge in [0.2, 0.25) is 0 Å². The molecule has 0 unspecified atom stereocenters. The smallest absolute Gasteiger partial charge is 0.137 e. The van der Waals surface area contributed by atoms with E-state index in [1.54, 1.807) is 0 Å². The first-order valence-corrected chi connectivity index (χ1v) is 20.0. The summed E-state index contributed by atoms with van der Waals surface area (Å²) in [5.74, 6) is 0. The molecule has 3 aromatic heterocycles. The zero-order valence-electron chi connectivity index (χ0n) is 30.6. The van der Waals surface area contributed by atoms with Crippen molar-refractivity contribution >= 4 is 120 Å². The summed E-state index contributed by atoms with van der Waals surface area (Å²) < 4.78 is 15.5. The molecule has 0 amide bonds. The third-order valence-electron chi connectivity index (χ3n) is 11.2. The summed E-state index contributed by atoms with van der Waals surface area (Å²) in [6.07, 6.45) is 0. The number of furan rings is 2. The zero-order valence-corrected chi connectivity index (χ0v) is 31.4. The average molecular weight is 749 g/mol. The van der Waals surface area contributed by atoms with Gasteiger partial charge in [0.15, 0.2) is 0 Å². The van der Waals surface area contributed by atoms with E-state index in [9.17, 15) is 0 Å². The predicted octanol–water partition coefficient (Wildman–Crippen LogP) is 15.9. The number of benzene rings is 9. The van der Waals surface area contributed by atoms with Crippen LogP contribution >= 0.6 is 11.3 Å². The lowest BCUT2D eigenvalue weighted by atomic mass is 10.0. The number of fused-ring (bicyclic) bond motifs is 10. The molecule has 4 nitrogen and oxygen atoms in total. The summed E-state index contributed by atoms with van der Waals surface area (Å²) >= 11 is 1.84. The molecule has 57 heavy (non-hydrogen) atoms. The minimum atomic E-state index is 0.841. The van der Waals surface area contributed by atoms with E-state index in [-0.39, 0.29) is 0 Å². The second kappa shape index (κ2) is 12.6. The first-order valence-electron chi connectivity index (χ1n) is 19.2. The molecule has 12 aromatic rings. The Morgan fingerprint density at radius 2 is 0.825 bits per heavy atom. The fourth-order valence-electron chi connectivity index (χ4n) is 8.56. The van der Waals surface area contributed by atoms with Crippen molar-refractivity contribution in [3.63, 3.8) is 0 Å². The Kier molecular flexibility index (Phi) is 7.06. The van der Waals surface area contributed by atoms with Gasteiger partial charge in [-0.15, -0.1) is 11.3 Å². The van der Waals surface area contributed by atoms with Crippen LogP contribution in [0.4, 0.5) is 34.1 Å². The molecular weight excluding hydrogens is 717 g/mol. The van der Waals surface area contributed by atoms with Crippen LogP contribution in [0, 0.1) is 0 Å². The highest BCUT2D eigenvalue weighted by atomic mass is 32.1. The van der Waals surface area contributed by atoms with Crippen LogP contribution in [0.1, 0.15) is 0 Å². The highest BCUT2D eigenvalue weighted by Crippen LogP contribution is 2.50. The maximum atomic E-state index is 6.53. The third kappa shape index (κ3) is 5.13. The minimum absolute atomic E-state index is 0.841. The lowest BCUT2D eigenvalue weighted by Crippen LogP contribution is -2.13. The Bertz CT molecular complexity index is 3340. The van der Waals surface area contributed by atoms with Crippen molar-refractivity contribution in [3.05, 3.63) is 194 Å². The minimum Gasteiger partial charge on any atom is -0.456 e. The van der Waals surface area contributed by atoms with E-state index in [0.29, 0.717) is 0 Å². The molecule has 268 valence electrons. The van der Waals surface area contributed by atoms with E-state index in [0.717, 1.165) is 78.0 Å². The van der Waals surface area contributed by atoms with Crippen molar-refractivity contribution in [1.29, 1.82) is 0 Å². The van der Waals surface area contributed by atoms with Gasteiger partial charge in [-0.25, -0.2) is 0 Å². The van der Waals surface area contributed by atoms with Gasteiger partial charge >= 0.3 is 0 Å². The summed E-state index contributed by atoms with van der Waals surface area (Å²) in [7, 11) is 0. The molecular formula is C52H32N2O2S. The largest absolute Gasteiger partial charge is 0.456 e. The second-order valence-corrected chi connectivity index (χ2v) is 15.6. The van der Waals surface area contributed by atoms with E-state index < -0.39 is 0 Å². The van der Waals surface area contributed by atoms with Crippen molar-refractivity contribution in [2.45, 2.75) is 0 Å². The Morgan fingerprint density at radius 1 is 0.316 bits per heavy atom. The Hall–Kier alpha value is -7.34. The SMILES string of the molecule is c1ccc(N(c2ccccc2)c2cc(N(c3ccc4c(c3)oc3ccccc34)c3ccc4c(c3)oc3ccccc34)c3sc4cc5ccccc5cc4c3c2)cc1. The van der Waals surface area contributed by atoms with Gasteiger partial charge in [0.25, 0.3) is 0 Å². The van der Waals surface area contributed by atoms with Gasteiger partial charge in [0.1, 0.15) is 22.3 Å². The maximum absolute atomic E-state index is 6.53. The van der Waals surface area contributed by atoms with Crippen molar-refractivity contribution in [2.75, 3.05) is 9.80 Å². The molecule has 0 N–H and O–H groups in total. The van der Waals surface area contributed by atoms with Gasteiger partial charge < -0.3 is 18.6 Å². The van der Waals surface area contributed by atoms with Crippen molar-refractivity contribution in [1.82, 2.24) is 0 Å². The van der Waals surface area contributed by atoms with E-state index in [1.807, 2.05) is 35.6 Å². The molecule has 5 heteroatoms. The molecule has 12 rings (SSSR count). The molecule has 9 aromatic carbocycles. The van der Waals surface area contributed by atoms with Gasteiger partial charge in [-0.2, -0.15) is 0 Å². The van der Waals surface area contributed by atoms with Crippen molar-refractivity contribution in [3.8, 4) is 0 Å². The molecule has 0 radical (unpaired) electrons. The highest BCUT2D eigenvalue weighted by molar-refractivity contribution is 7.26. The number of anilines is 6. The van der Waals surface area contributed by atoms with Gasteiger partial charge in [0, 0.05) is 77.6 Å². The van der Waals surface area contributed by atoms with Crippen LogP contribution in [-0.4, -0.2) is 0 Å². The van der Waals surface area contributed by atoms with E-state index in [1.165, 1.54) is 30.9 Å². The van der Waals surface area contributed by atoms with Gasteiger partial charge in [-0.3, -0.25) is 0 Å². The van der Waals surface area contributed by atoms with E-state index in [2.05, 4.69) is 180 Å². The monoisotopic (exact) mass is 748 g/mol. The Balaban J connectivity index is 1.19. The average Bonchev–Trinajstić information content (AvgIpc) is 3.94. The lowest BCUT2D eigenvalue weighted by Gasteiger charge is -2.30. The van der Waals surface area contributed by atoms with Crippen LogP contribution in [0.5, 0.6) is 0 Å². The predicted molar refractivity (Wildman–Crippen MR) is 241 cm³/mol. The van der Waals surface area contributed by atoms with E-state index >= 15 is 0 Å². The molecule has 0 bridgehead atoms. The fraction of sp³-hybridized carbons (Fsp3) is 0. The van der Waals surface area contributed by atoms with Crippen LogP contribution in [0.2, 0.25) is 0 Å². The van der Waals surface area contributed by atoms with Gasteiger partial charge in [0.05, 0.1) is 10.4 Å². The molecule has 0 aliphatic rings. The summed E-state index contributed by atoms with van der Waals surface area (Å²) in [5.41, 5.74) is 9.70. The summed E-state index contributed by atoms with van der Waals surface area (Å²) in [4.78, 5) is 4.74. The first kappa shape index (κ1) is 32.0. The summed E-state index contributed by atoms with van der Waals surface area (Å²) in [5, 5.41) is 9.29. The quantitative estimate of drug-likeness (QED) is 0.170. The van der Waals surface area contributed by atoms with Gasteiger partial charge in [-0.05, 0) is 95.7 Å². The molecule has 0 fully saturated rings. The van der Waals surface area contributed by atoms with Crippen LogP contribution in [0.25, 0.3) is 74.8 Å². The maximum Gasteiger partial charge on any atom is 0.137 e. The Morgan fingerprint density at radius 3 is 1.42 bits per heavy atom. The molecule has 0 atom stereocenters. The zero-order chi connectivity index (χ0) is 37.5. The molecule has 0 aliphatic carbocycles.